The van der Waals surface area contributed by atoms with E-state index in [9.17, 15) is 4.79 Å². The van der Waals surface area contributed by atoms with E-state index < -0.39 is 0 Å². The quantitative estimate of drug-likeness (QED) is 0.816. The molecule has 1 amide bonds. The van der Waals surface area contributed by atoms with Crippen LogP contribution in [0.25, 0.3) is 0 Å². The van der Waals surface area contributed by atoms with Crippen molar-refractivity contribution < 1.29 is 9.53 Å². The second-order valence-electron chi connectivity index (χ2n) is 4.21. The Morgan fingerprint density at radius 3 is 3.00 bits per heavy atom. The van der Waals surface area contributed by atoms with Gasteiger partial charge >= 0.3 is 0 Å². The maximum Gasteiger partial charge on any atom is 0.228 e. The summed E-state index contributed by atoms with van der Waals surface area (Å²) in [5, 5.41) is 9.67. The first kappa shape index (κ1) is 11.1. The number of carbonyl (C=O) groups is 1. The normalized spacial score (nSPS) is 20.0. The zero-order chi connectivity index (χ0) is 11.5. The highest BCUT2D eigenvalue weighted by molar-refractivity contribution is 5.90. The lowest BCUT2D eigenvalue weighted by atomic mass is 10.2. The number of nitrogens with one attached hydrogen (secondary N) is 2. The van der Waals surface area contributed by atoms with Gasteiger partial charge < -0.3 is 10.1 Å². The summed E-state index contributed by atoms with van der Waals surface area (Å²) in [5.74, 6) is 0.599. The number of aromatic nitrogens is 2. The molecule has 1 unspecified atom stereocenters. The smallest absolute Gasteiger partial charge is 0.228 e. The van der Waals surface area contributed by atoms with E-state index in [0.29, 0.717) is 12.2 Å². The first-order valence-electron chi connectivity index (χ1n) is 5.60. The average Bonchev–Trinajstić information content (AvgIpc) is 2.83. The van der Waals surface area contributed by atoms with Crippen LogP contribution in [0.15, 0.2) is 0 Å². The molecular weight excluding hydrogens is 206 g/mol. The van der Waals surface area contributed by atoms with Gasteiger partial charge in [0.25, 0.3) is 0 Å². The first-order valence-corrected chi connectivity index (χ1v) is 5.60. The van der Waals surface area contributed by atoms with Crippen LogP contribution in [-0.2, 0) is 9.53 Å². The molecule has 1 aromatic rings. The van der Waals surface area contributed by atoms with Gasteiger partial charge in [-0.15, -0.1) is 0 Å². The third-order valence-electron chi connectivity index (χ3n) is 2.95. The van der Waals surface area contributed by atoms with Crippen LogP contribution in [0.1, 0.15) is 30.5 Å². The fourth-order valence-electron chi connectivity index (χ4n) is 1.80. The maximum absolute atomic E-state index is 11.7. The molecule has 1 saturated heterocycles. The minimum absolute atomic E-state index is 0.0264. The van der Waals surface area contributed by atoms with Crippen LogP contribution in [0.3, 0.4) is 0 Å². The maximum atomic E-state index is 11.7. The summed E-state index contributed by atoms with van der Waals surface area (Å²) >= 11 is 0. The molecule has 0 saturated carbocycles. The Balaban J connectivity index is 1.89. The number of carbonyl (C=O) groups excluding carboxylic acids is 1. The topological polar surface area (TPSA) is 67.0 Å². The Hall–Kier alpha value is -1.36. The molecule has 0 radical (unpaired) electrons. The number of aromatic amines is 1. The fraction of sp³-hybridized carbons (Fsp3) is 0.636. The van der Waals surface area contributed by atoms with Crippen molar-refractivity contribution in [3.05, 3.63) is 11.3 Å². The predicted molar refractivity (Wildman–Crippen MR) is 60.3 cm³/mol. The predicted octanol–water partition coefficient (Wildman–Crippen LogP) is 1.53. The molecule has 1 atom stereocenters. The third kappa shape index (κ3) is 2.41. The molecule has 0 aromatic carbocycles. The fourth-order valence-corrected chi connectivity index (χ4v) is 1.80. The van der Waals surface area contributed by atoms with Crippen molar-refractivity contribution in [2.45, 2.75) is 39.2 Å². The summed E-state index contributed by atoms with van der Waals surface area (Å²) in [4.78, 5) is 11.7. The van der Waals surface area contributed by atoms with Crippen LogP contribution in [0.4, 0.5) is 5.82 Å². The molecule has 0 spiro atoms. The highest BCUT2D eigenvalue weighted by Gasteiger charge is 2.20. The van der Waals surface area contributed by atoms with Crippen LogP contribution < -0.4 is 5.32 Å². The summed E-state index contributed by atoms with van der Waals surface area (Å²) < 4.78 is 5.41. The van der Waals surface area contributed by atoms with Crippen molar-refractivity contribution in [1.29, 1.82) is 0 Å². The number of hydrogen-bond donors (Lipinski definition) is 2. The van der Waals surface area contributed by atoms with E-state index in [4.69, 9.17) is 4.74 Å². The van der Waals surface area contributed by atoms with Gasteiger partial charge in [0.1, 0.15) is 0 Å². The van der Waals surface area contributed by atoms with Crippen molar-refractivity contribution in [2.24, 2.45) is 0 Å². The number of amides is 1. The number of anilines is 1. The highest BCUT2D eigenvalue weighted by atomic mass is 16.5. The SMILES string of the molecule is Cc1[nH]nc(NC(=O)CC2CCCO2)c1C. The van der Waals surface area contributed by atoms with Crippen molar-refractivity contribution in [3.8, 4) is 0 Å². The molecule has 0 bridgehead atoms. The lowest BCUT2D eigenvalue weighted by molar-refractivity contribution is -0.118. The number of rotatable bonds is 3. The molecule has 1 aliphatic rings. The van der Waals surface area contributed by atoms with Crippen LogP contribution in [0.5, 0.6) is 0 Å². The van der Waals surface area contributed by atoms with Gasteiger partial charge in [0, 0.05) is 17.9 Å². The molecule has 5 nitrogen and oxygen atoms in total. The lowest BCUT2D eigenvalue weighted by Gasteiger charge is -2.08. The molecule has 1 aliphatic heterocycles. The molecular formula is C11H17N3O2. The lowest BCUT2D eigenvalue weighted by Crippen LogP contribution is -2.19. The molecule has 16 heavy (non-hydrogen) atoms. The van der Waals surface area contributed by atoms with E-state index in [1.54, 1.807) is 0 Å². The number of aryl methyl sites for hydroxylation is 1. The van der Waals surface area contributed by atoms with Crippen molar-refractivity contribution in [2.75, 3.05) is 11.9 Å². The summed E-state index contributed by atoms with van der Waals surface area (Å²) in [6.07, 6.45) is 2.54. The first-order chi connectivity index (χ1) is 7.66. The van der Waals surface area contributed by atoms with Crippen LogP contribution >= 0.6 is 0 Å². The van der Waals surface area contributed by atoms with Crippen LogP contribution in [-0.4, -0.2) is 28.8 Å². The van der Waals surface area contributed by atoms with Crippen molar-refractivity contribution in [3.63, 3.8) is 0 Å². The van der Waals surface area contributed by atoms with Crippen molar-refractivity contribution >= 4 is 11.7 Å². The van der Waals surface area contributed by atoms with Crippen molar-refractivity contribution in [1.82, 2.24) is 10.2 Å². The number of hydrogen-bond acceptors (Lipinski definition) is 3. The van der Waals surface area contributed by atoms with Gasteiger partial charge in [-0.3, -0.25) is 9.89 Å². The average molecular weight is 223 g/mol. The Bertz CT molecular complexity index is 381. The van der Waals surface area contributed by atoms with Gasteiger partial charge in [-0.05, 0) is 26.7 Å². The largest absolute Gasteiger partial charge is 0.378 e. The Morgan fingerprint density at radius 2 is 2.44 bits per heavy atom. The Morgan fingerprint density at radius 1 is 1.62 bits per heavy atom. The van der Waals surface area contributed by atoms with Crippen LogP contribution in [0.2, 0.25) is 0 Å². The minimum Gasteiger partial charge on any atom is -0.378 e. The molecule has 1 fully saturated rings. The van der Waals surface area contributed by atoms with E-state index in [1.807, 2.05) is 13.8 Å². The monoisotopic (exact) mass is 223 g/mol. The molecule has 2 N–H and O–H groups in total. The van der Waals surface area contributed by atoms with E-state index in [1.165, 1.54) is 0 Å². The molecule has 5 heteroatoms. The number of nitrogens with zero attached hydrogens (tertiary/aromatic N) is 1. The van der Waals surface area contributed by atoms with Crippen LogP contribution in [0, 0.1) is 13.8 Å². The second-order valence-corrected chi connectivity index (χ2v) is 4.21. The molecule has 2 rings (SSSR count). The van der Waals surface area contributed by atoms with Gasteiger partial charge in [0.2, 0.25) is 5.91 Å². The van der Waals surface area contributed by atoms with E-state index in [-0.39, 0.29) is 12.0 Å². The summed E-state index contributed by atoms with van der Waals surface area (Å²) in [6, 6.07) is 0. The summed E-state index contributed by atoms with van der Waals surface area (Å²) in [6.45, 7) is 4.64. The highest BCUT2D eigenvalue weighted by Crippen LogP contribution is 2.18. The van der Waals surface area contributed by atoms with E-state index in [0.717, 1.165) is 30.7 Å². The standard InChI is InChI=1S/C11H17N3O2/c1-7-8(2)13-14-11(7)12-10(15)6-9-4-3-5-16-9/h9H,3-6H2,1-2H3,(H2,12,13,14,15). The Kier molecular flexibility index (Phi) is 3.24. The zero-order valence-corrected chi connectivity index (χ0v) is 9.67. The van der Waals surface area contributed by atoms with Gasteiger partial charge in [0.15, 0.2) is 5.82 Å². The van der Waals surface area contributed by atoms with Gasteiger partial charge in [0.05, 0.1) is 12.5 Å². The summed E-state index contributed by atoms with van der Waals surface area (Å²) in [7, 11) is 0. The van der Waals surface area contributed by atoms with Gasteiger partial charge in [-0.25, -0.2) is 0 Å². The number of H-pyrrole nitrogens is 1. The second kappa shape index (κ2) is 4.65. The molecule has 0 aliphatic carbocycles. The molecule has 1 aromatic heterocycles. The van der Waals surface area contributed by atoms with Gasteiger partial charge in [-0.2, -0.15) is 5.10 Å². The zero-order valence-electron chi connectivity index (χ0n) is 9.67. The summed E-state index contributed by atoms with van der Waals surface area (Å²) in [5.41, 5.74) is 1.97. The number of ether oxygens (including phenoxy) is 1. The third-order valence-corrected chi connectivity index (χ3v) is 2.95. The minimum atomic E-state index is -0.0264. The molecule has 2 heterocycles. The Labute approximate surface area is 94.6 Å². The van der Waals surface area contributed by atoms with Gasteiger partial charge in [-0.1, -0.05) is 0 Å². The van der Waals surface area contributed by atoms with E-state index >= 15 is 0 Å². The molecule has 88 valence electrons. The van der Waals surface area contributed by atoms with E-state index in [2.05, 4.69) is 15.5 Å².